The number of aryl methyl sites for hydroxylation is 1. The Balaban J connectivity index is 1.52. The first-order valence-corrected chi connectivity index (χ1v) is 13.2. The second kappa shape index (κ2) is 8.55. The average molecular weight is 520 g/mol. The summed E-state index contributed by atoms with van der Waals surface area (Å²) >= 11 is 19.1. The highest BCUT2D eigenvalue weighted by atomic mass is 35.5. The summed E-state index contributed by atoms with van der Waals surface area (Å²) in [5.41, 5.74) is 3.96. The number of nitrogens with one attached hydrogen (secondary N) is 2. The van der Waals surface area contributed by atoms with Crippen LogP contribution in [0.4, 0.5) is 11.4 Å². The number of hydrogen-bond acceptors (Lipinski definition) is 3. The van der Waals surface area contributed by atoms with E-state index >= 15 is 0 Å². The molecular weight excluding hydrogens is 499 g/mol. The fourth-order valence-corrected chi connectivity index (χ4v) is 6.80. The zero-order valence-electron chi connectivity index (χ0n) is 17.6. The normalized spacial score (nSPS) is 21.3. The topological polar surface area (TPSA) is 58.2 Å². The standard InChI is InChI=1S/C25H21Cl3N2O2S/c1-14-12-15(26)8-10-22(14)30-33(31,32)16-9-11-23-19(13-16)17-4-2-5-18(17)25(29-23)24-20(27)6-3-7-21(24)28/h2-4,6-13,17-18,25,29-30H,5H2,1H3/t17-,18+,25-/m0/s1. The summed E-state index contributed by atoms with van der Waals surface area (Å²) in [5, 5.41) is 5.37. The molecule has 0 saturated heterocycles. The van der Waals surface area contributed by atoms with E-state index in [0.717, 1.165) is 28.8 Å². The molecule has 2 N–H and O–H groups in total. The molecule has 2 aliphatic rings. The second-order valence-corrected chi connectivity index (χ2v) is 11.4. The van der Waals surface area contributed by atoms with Crippen molar-refractivity contribution >= 4 is 56.2 Å². The molecule has 1 aliphatic heterocycles. The zero-order chi connectivity index (χ0) is 23.3. The van der Waals surface area contributed by atoms with Crippen LogP contribution in [0.2, 0.25) is 15.1 Å². The molecule has 1 heterocycles. The van der Waals surface area contributed by atoms with Crippen LogP contribution < -0.4 is 10.0 Å². The molecule has 33 heavy (non-hydrogen) atoms. The lowest BCUT2D eigenvalue weighted by Gasteiger charge is -2.38. The first-order valence-electron chi connectivity index (χ1n) is 10.5. The lowest BCUT2D eigenvalue weighted by atomic mass is 9.77. The van der Waals surface area contributed by atoms with Crippen LogP contribution in [0.25, 0.3) is 0 Å². The van der Waals surface area contributed by atoms with Gasteiger partial charge in [-0.2, -0.15) is 0 Å². The van der Waals surface area contributed by atoms with Crippen molar-refractivity contribution in [1.82, 2.24) is 0 Å². The largest absolute Gasteiger partial charge is 0.378 e. The summed E-state index contributed by atoms with van der Waals surface area (Å²) in [6.07, 6.45) is 5.14. The number of anilines is 2. The van der Waals surface area contributed by atoms with Crippen LogP contribution in [0.15, 0.2) is 71.6 Å². The lowest BCUT2D eigenvalue weighted by Crippen LogP contribution is -2.30. The molecular formula is C25H21Cl3N2O2S. The van der Waals surface area contributed by atoms with E-state index in [4.69, 9.17) is 34.8 Å². The monoisotopic (exact) mass is 518 g/mol. The Morgan fingerprint density at radius 1 is 1.00 bits per heavy atom. The Morgan fingerprint density at radius 2 is 1.76 bits per heavy atom. The van der Waals surface area contributed by atoms with E-state index < -0.39 is 10.0 Å². The Bertz CT molecular complexity index is 1370. The summed E-state index contributed by atoms with van der Waals surface area (Å²) in [7, 11) is -3.78. The van der Waals surface area contributed by atoms with Crippen LogP contribution >= 0.6 is 34.8 Å². The highest BCUT2D eigenvalue weighted by Crippen LogP contribution is 2.52. The molecule has 0 fully saturated rings. The number of fused-ring (bicyclic) bond motifs is 3. The molecule has 0 amide bonds. The number of hydrogen-bond donors (Lipinski definition) is 2. The van der Waals surface area contributed by atoms with Gasteiger partial charge in [-0.15, -0.1) is 0 Å². The van der Waals surface area contributed by atoms with Crippen molar-refractivity contribution in [1.29, 1.82) is 0 Å². The van der Waals surface area contributed by atoms with E-state index in [1.165, 1.54) is 0 Å². The summed E-state index contributed by atoms with van der Waals surface area (Å²) in [4.78, 5) is 0.214. The van der Waals surface area contributed by atoms with Gasteiger partial charge in [0.05, 0.1) is 16.6 Å². The molecule has 3 aromatic carbocycles. The maximum Gasteiger partial charge on any atom is 0.261 e. The van der Waals surface area contributed by atoms with Gasteiger partial charge in [-0.25, -0.2) is 8.42 Å². The summed E-state index contributed by atoms with van der Waals surface area (Å²) in [6.45, 7) is 1.81. The molecule has 5 rings (SSSR count). The fraction of sp³-hybridized carbons (Fsp3) is 0.200. The van der Waals surface area contributed by atoms with Crippen LogP contribution in [0.3, 0.4) is 0 Å². The van der Waals surface area contributed by atoms with Crippen LogP contribution in [0.5, 0.6) is 0 Å². The van der Waals surface area contributed by atoms with E-state index in [-0.39, 0.29) is 22.8 Å². The van der Waals surface area contributed by atoms with Crippen LogP contribution in [0, 0.1) is 12.8 Å². The van der Waals surface area contributed by atoms with E-state index in [9.17, 15) is 8.42 Å². The molecule has 3 atom stereocenters. The number of benzene rings is 3. The smallest absolute Gasteiger partial charge is 0.261 e. The Hall–Kier alpha value is -2.18. The van der Waals surface area contributed by atoms with Crippen LogP contribution in [-0.2, 0) is 10.0 Å². The molecule has 0 unspecified atom stereocenters. The molecule has 0 spiro atoms. The van der Waals surface area contributed by atoms with E-state index in [1.807, 2.05) is 31.2 Å². The van der Waals surface area contributed by atoms with Gasteiger partial charge in [0, 0.05) is 32.2 Å². The van der Waals surface area contributed by atoms with Crippen molar-refractivity contribution in [3.63, 3.8) is 0 Å². The molecule has 8 heteroatoms. The van der Waals surface area contributed by atoms with Gasteiger partial charge in [-0.05, 0) is 78.9 Å². The van der Waals surface area contributed by atoms with Gasteiger partial charge in [0.1, 0.15) is 0 Å². The van der Waals surface area contributed by atoms with Gasteiger partial charge >= 0.3 is 0 Å². The molecule has 3 aromatic rings. The first-order chi connectivity index (χ1) is 15.7. The fourth-order valence-electron chi connectivity index (χ4n) is 4.78. The minimum absolute atomic E-state index is 0.0611. The second-order valence-electron chi connectivity index (χ2n) is 8.42. The Kier molecular flexibility index (Phi) is 5.86. The zero-order valence-corrected chi connectivity index (χ0v) is 20.7. The third-order valence-electron chi connectivity index (χ3n) is 6.39. The summed E-state index contributed by atoms with van der Waals surface area (Å²) in [5.74, 6) is 0.241. The molecule has 0 saturated carbocycles. The summed E-state index contributed by atoms with van der Waals surface area (Å²) in [6, 6.07) is 15.7. The maximum atomic E-state index is 13.2. The van der Waals surface area contributed by atoms with Crippen molar-refractivity contribution in [2.45, 2.75) is 30.2 Å². The third-order valence-corrected chi connectivity index (χ3v) is 8.65. The van der Waals surface area contributed by atoms with Crippen molar-refractivity contribution in [3.8, 4) is 0 Å². The van der Waals surface area contributed by atoms with Gasteiger partial charge in [0.15, 0.2) is 0 Å². The Morgan fingerprint density at radius 3 is 2.48 bits per heavy atom. The minimum Gasteiger partial charge on any atom is -0.378 e. The minimum atomic E-state index is -3.78. The number of sulfonamides is 1. The molecule has 4 nitrogen and oxygen atoms in total. The number of rotatable bonds is 4. The number of allylic oxidation sites excluding steroid dienone is 2. The average Bonchev–Trinajstić information content (AvgIpc) is 3.26. The highest BCUT2D eigenvalue weighted by molar-refractivity contribution is 7.92. The van der Waals surface area contributed by atoms with E-state index in [0.29, 0.717) is 20.8 Å². The molecule has 0 radical (unpaired) electrons. The number of halogens is 3. The summed E-state index contributed by atoms with van der Waals surface area (Å²) < 4.78 is 29.0. The van der Waals surface area contributed by atoms with Gasteiger partial charge in [-0.3, -0.25) is 4.72 Å². The van der Waals surface area contributed by atoms with Crippen molar-refractivity contribution in [2.75, 3.05) is 10.0 Å². The van der Waals surface area contributed by atoms with Gasteiger partial charge in [0.25, 0.3) is 10.0 Å². The quantitative estimate of drug-likeness (QED) is 0.349. The van der Waals surface area contributed by atoms with Crippen molar-refractivity contribution in [3.05, 3.63) is 98.5 Å². The van der Waals surface area contributed by atoms with Gasteiger partial charge in [-0.1, -0.05) is 53.0 Å². The molecule has 1 aliphatic carbocycles. The molecule has 0 bridgehead atoms. The molecule has 0 aromatic heterocycles. The highest BCUT2D eigenvalue weighted by Gasteiger charge is 2.40. The van der Waals surface area contributed by atoms with Gasteiger partial charge in [0.2, 0.25) is 0 Å². The van der Waals surface area contributed by atoms with Crippen LogP contribution in [0.1, 0.15) is 35.1 Å². The maximum absolute atomic E-state index is 13.2. The lowest BCUT2D eigenvalue weighted by molar-refractivity contribution is 0.425. The predicted octanol–water partition coefficient (Wildman–Crippen LogP) is 7.58. The predicted molar refractivity (Wildman–Crippen MR) is 136 cm³/mol. The Labute approximate surface area is 208 Å². The SMILES string of the molecule is Cc1cc(Cl)ccc1NS(=O)(=O)c1ccc2c(c1)[C@H]1C=CC[C@H]1[C@@H](c1c(Cl)cccc1Cl)N2. The van der Waals surface area contributed by atoms with Crippen LogP contribution in [-0.4, -0.2) is 8.42 Å². The third kappa shape index (κ3) is 4.12. The van der Waals surface area contributed by atoms with Crippen molar-refractivity contribution in [2.24, 2.45) is 5.92 Å². The van der Waals surface area contributed by atoms with E-state index in [2.05, 4.69) is 22.2 Å². The van der Waals surface area contributed by atoms with E-state index in [1.54, 1.807) is 30.3 Å². The van der Waals surface area contributed by atoms with Gasteiger partial charge < -0.3 is 5.32 Å². The first kappa shape index (κ1) is 22.6. The molecule has 170 valence electrons. The van der Waals surface area contributed by atoms with Crippen molar-refractivity contribution < 1.29 is 8.42 Å².